The van der Waals surface area contributed by atoms with Crippen LogP contribution in [0.15, 0.2) is 48.5 Å². The van der Waals surface area contributed by atoms with Crippen LogP contribution in [0, 0.1) is 0 Å². The fourth-order valence-corrected chi connectivity index (χ4v) is 4.01. The van der Waals surface area contributed by atoms with Crippen molar-refractivity contribution in [3.8, 4) is 0 Å². The lowest BCUT2D eigenvalue weighted by molar-refractivity contribution is 0.0217. The molecule has 0 saturated carbocycles. The van der Waals surface area contributed by atoms with E-state index in [4.69, 9.17) is 0 Å². The minimum absolute atomic E-state index is 0.0588. The highest BCUT2D eigenvalue weighted by Gasteiger charge is 2.34. The van der Waals surface area contributed by atoms with Gasteiger partial charge in [-0.2, -0.15) is 0 Å². The van der Waals surface area contributed by atoms with Gasteiger partial charge in [-0.3, -0.25) is 4.90 Å². The summed E-state index contributed by atoms with van der Waals surface area (Å²) >= 11 is 0. The molecule has 0 spiro atoms. The number of rotatable bonds is 1. The van der Waals surface area contributed by atoms with E-state index < -0.39 is 6.10 Å². The van der Waals surface area contributed by atoms with Crippen LogP contribution in [0.4, 0.5) is 0 Å². The van der Waals surface area contributed by atoms with Gasteiger partial charge >= 0.3 is 0 Å². The summed E-state index contributed by atoms with van der Waals surface area (Å²) in [4.78, 5) is 4.82. The molecule has 3 nitrogen and oxygen atoms in total. The number of hydrogen-bond acceptors (Lipinski definition) is 3. The van der Waals surface area contributed by atoms with Crippen LogP contribution < -0.4 is 0 Å². The van der Waals surface area contributed by atoms with Crippen molar-refractivity contribution in [3.63, 3.8) is 0 Å². The SMILES string of the molecule is CN1CCN([C@@H]2c3ccccc3Cc3ccccc3[C@@H]2O)CC1. The third-order valence-electron chi connectivity index (χ3n) is 5.36. The average molecular weight is 308 g/mol. The number of piperazine rings is 1. The summed E-state index contributed by atoms with van der Waals surface area (Å²) in [7, 11) is 2.17. The smallest absolute Gasteiger partial charge is 0.0989 e. The molecule has 2 atom stereocenters. The molecule has 2 aliphatic rings. The molecule has 1 aliphatic carbocycles. The largest absolute Gasteiger partial charge is 0.386 e. The molecule has 0 amide bonds. The van der Waals surface area contributed by atoms with Crippen molar-refractivity contribution < 1.29 is 5.11 Å². The van der Waals surface area contributed by atoms with E-state index in [1.807, 2.05) is 6.07 Å². The van der Waals surface area contributed by atoms with E-state index in [-0.39, 0.29) is 6.04 Å². The van der Waals surface area contributed by atoms with Crippen LogP contribution in [-0.4, -0.2) is 48.1 Å². The van der Waals surface area contributed by atoms with Gasteiger partial charge in [0.1, 0.15) is 0 Å². The van der Waals surface area contributed by atoms with Crippen LogP contribution in [0.5, 0.6) is 0 Å². The Balaban J connectivity index is 1.79. The van der Waals surface area contributed by atoms with Gasteiger partial charge in [-0.05, 0) is 35.7 Å². The first-order valence-corrected chi connectivity index (χ1v) is 8.50. The standard InChI is InChI=1S/C20H24N2O/c1-21-10-12-22(13-11-21)19-17-8-4-2-6-15(17)14-16-7-3-5-9-18(16)20(19)23/h2-9,19-20,23H,10-14H2,1H3/t19-,20+/m1/s1. The Kier molecular flexibility index (Phi) is 3.93. The highest BCUT2D eigenvalue weighted by Crippen LogP contribution is 2.41. The van der Waals surface area contributed by atoms with Crippen LogP contribution in [-0.2, 0) is 6.42 Å². The van der Waals surface area contributed by atoms with Gasteiger partial charge in [0.25, 0.3) is 0 Å². The Morgan fingerprint density at radius 1 is 0.826 bits per heavy atom. The Hall–Kier alpha value is -1.68. The predicted octanol–water partition coefficient (Wildman–Crippen LogP) is 2.61. The normalized spacial score (nSPS) is 25.5. The molecule has 0 unspecified atom stereocenters. The number of aliphatic hydroxyl groups excluding tert-OH is 1. The van der Waals surface area contributed by atoms with Crippen molar-refractivity contribution in [2.24, 2.45) is 0 Å². The summed E-state index contributed by atoms with van der Waals surface area (Å²) in [6.07, 6.45) is 0.450. The van der Waals surface area contributed by atoms with Crippen molar-refractivity contribution >= 4 is 0 Å². The van der Waals surface area contributed by atoms with Crippen LogP contribution in [0.1, 0.15) is 34.4 Å². The number of hydrogen-bond donors (Lipinski definition) is 1. The summed E-state index contributed by atoms with van der Waals surface area (Å²) in [5.41, 5.74) is 4.98. The van der Waals surface area contributed by atoms with Gasteiger partial charge in [0.15, 0.2) is 0 Å². The van der Waals surface area contributed by atoms with Crippen LogP contribution >= 0.6 is 0 Å². The van der Waals surface area contributed by atoms with Crippen molar-refractivity contribution in [3.05, 3.63) is 70.8 Å². The van der Waals surface area contributed by atoms with E-state index in [0.717, 1.165) is 38.2 Å². The molecule has 23 heavy (non-hydrogen) atoms. The van der Waals surface area contributed by atoms with Gasteiger partial charge in [0.2, 0.25) is 0 Å². The second-order valence-corrected chi connectivity index (χ2v) is 6.80. The number of likely N-dealkylation sites (N-methyl/N-ethyl adjacent to an activating group) is 1. The molecule has 0 bridgehead atoms. The molecule has 4 rings (SSSR count). The molecule has 1 saturated heterocycles. The van der Waals surface area contributed by atoms with Crippen LogP contribution in [0.2, 0.25) is 0 Å². The molecule has 1 aliphatic heterocycles. The zero-order valence-electron chi connectivity index (χ0n) is 13.7. The molecule has 120 valence electrons. The fourth-order valence-electron chi connectivity index (χ4n) is 4.01. The summed E-state index contributed by atoms with van der Waals surface area (Å²) in [5, 5.41) is 11.2. The first-order valence-electron chi connectivity index (χ1n) is 8.50. The average Bonchev–Trinajstić information content (AvgIpc) is 2.70. The van der Waals surface area contributed by atoms with E-state index >= 15 is 0 Å². The monoisotopic (exact) mass is 308 g/mol. The Morgan fingerprint density at radius 3 is 2.09 bits per heavy atom. The van der Waals surface area contributed by atoms with Crippen LogP contribution in [0.25, 0.3) is 0 Å². The lowest BCUT2D eigenvalue weighted by Crippen LogP contribution is -2.47. The minimum Gasteiger partial charge on any atom is -0.386 e. The third-order valence-corrected chi connectivity index (χ3v) is 5.36. The van der Waals surface area contributed by atoms with E-state index in [0.29, 0.717) is 0 Å². The molecular formula is C20H24N2O. The Bertz CT molecular complexity index is 692. The molecule has 1 N–H and O–H groups in total. The zero-order chi connectivity index (χ0) is 15.8. The highest BCUT2D eigenvalue weighted by atomic mass is 16.3. The van der Waals surface area contributed by atoms with Crippen molar-refractivity contribution in [1.82, 2.24) is 9.80 Å². The molecule has 3 heteroatoms. The predicted molar refractivity (Wildman–Crippen MR) is 92.5 cm³/mol. The lowest BCUT2D eigenvalue weighted by atomic mass is 9.93. The quantitative estimate of drug-likeness (QED) is 0.877. The minimum atomic E-state index is -0.460. The topological polar surface area (TPSA) is 26.7 Å². The van der Waals surface area contributed by atoms with Gasteiger partial charge < -0.3 is 10.0 Å². The zero-order valence-corrected chi connectivity index (χ0v) is 13.7. The third kappa shape index (κ3) is 2.69. The maximum absolute atomic E-state index is 11.2. The van der Waals surface area contributed by atoms with Crippen molar-refractivity contribution in [2.45, 2.75) is 18.6 Å². The Labute approximate surface area is 138 Å². The van der Waals surface area contributed by atoms with Crippen LogP contribution in [0.3, 0.4) is 0 Å². The van der Waals surface area contributed by atoms with E-state index in [9.17, 15) is 5.11 Å². The van der Waals surface area contributed by atoms with E-state index in [1.165, 1.54) is 16.7 Å². The summed E-state index contributed by atoms with van der Waals surface area (Å²) < 4.78 is 0. The molecule has 2 aromatic carbocycles. The van der Waals surface area contributed by atoms with E-state index in [2.05, 4.69) is 59.3 Å². The summed E-state index contributed by atoms with van der Waals surface area (Å²) in [6, 6.07) is 17.1. The van der Waals surface area contributed by atoms with Gasteiger partial charge in [-0.25, -0.2) is 0 Å². The molecule has 2 aromatic rings. The summed E-state index contributed by atoms with van der Waals surface area (Å²) in [5.74, 6) is 0. The van der Waals surface area contributed by atoms with Crippen molar-refractivity contribution in [2.75, 3.05) is 33.2 Å². The molecule has 1 heterocycles. The molecule has 0 aromatic heterocycles. The second-order valence-electron chi connectivity index (χ2n) is 6.80. The van der Waals surface area contributed by atoms with Gasteiger partial charge in [0, 0.05) is 26.2 Å². The number of nitrogens with zero attached hydrogens (tertiary/aromatic N) is 2. The maximum atomic E-state index is 11.2. The second kappa shape index (κ2) is 6.08. The summed E-state index contributed by atoms with van der Waals surface area (Å²) in [6.45, 7) is 4.14. The maximum Gasteiger partial charge on any atom is 0.0989 e. The number of fused-ring (bicyclic) bond motifs is 2. The van der Waals surface area contributed by atoms with Gasteiger partial charge in [-0.15, -0.1) is 0 Å². The molecular weight excluding hydrogens is 284 g/mol. The lowest BCUT2D eigenvalue weighted by Gasteiger charge is -2.40. The van der Waals surface area contributed by atoms with Gasteiger partial charge in [0.05, 0.1) is 12.1 Å². The molecule has 0 radical (unpaired) electrons. The van der Waals surface area contributed by atoms with Crippen molar-refractivity contribution in [1.29, 1.82) is 0 Å². The number of benzene rings is 2. The Morgan fingerprint density at radius 2 is 1.39 bits per heavy atom. The number of aliphatic hydroxyl groups is 1. The first kappa shape index (κ1) is 14.9. The fraction of sp³-hybridized carbons (Fsp3) is 0.400. The molecule has 1 fully saturated rings. The van der Waals surface area contributed by atoms with Gasteiger partial charge in [-0.1, -0.05) is 48.5 Å². The highest BCUT2D eigenvalue weighted by molar-refractivity contribution is 5.43. The van der Waals surface area contributed by atoms with E-state index in [1.54, 1.807) is 0 Å². The first-order chi connectivity index (χ1) is 11.2.